The van der Waals surface area contributed by atoms with Crippen LogP contribution >= 0.6 is 0 Å². The van der Waals surface area contributed by atoms with E-state index in [-0.39, 0.29) is 10.9 Å². The second kappa shape index (κ2) is 8.55. The first-order chi connectivity index (χ1) is 14.8. The van der Waals surface area contributed by atoms with Crippen LogP contribution < -0.4 is 4.72 Å². The van der Waals surface area contributed by atoms with Crippen LogP contribution in [-0.4, -0.2) is 19.0 Å². The first kappa shape index (κ1) is 21.7. The van der Waals surface area contributed by atoms with Gasteiger partial charge in [0.1, 0.15) is 22.6 Å². The minimum absolute atomic E-state index is 0.0920. The van der Waals surface area contributed by atoms with E-state index in [1.165, 1.54) is 36.4 Å². The topological polar surface area (TPSA) is 66.4 Å². The third-order valence-electron chi connectivity index (χ3n) is 4.87. The molecule has 2 unspecified atom stereocenters. The number of benzene rings is 4. The fourth-order valence-electron chi connectivity index (χ4n) is 3.65. The summed E-state index contributed by atoms with van der Waals surface area (Å²) in [5.74, 6) is -0.875. The van der Waals surface area contributed by atoms with Crippen LogP contribution in [0.2, 0.25) is 0 Å². The van der Waals surface area contributed by atoms with Crippen LogP contribution in [0, 0.1) is 11.6 Å². The second-order valence-corrected chi connectivity index (χ2v) is 9.55. The summed E-state index contributed by atoms with van der Waals surface area (Å²) in [6.45, 7) is 3.70. The summed E-state index contributed by atoms with van der Waals surface area (Å²) in [7, 11) is -1.65. The SMILES string of the molecule is CC(C)NS(=O)c1ccc2cc(F)ccc2c1-c1c(S(=O)O)ccc2cc(F)ccc12. The molecule has 0 aliphatic rings. The van der Waals surface area contributed by atoms with Crippen molar-refractivity contribution in [3.63, 3.8) is 0 Å². The van der Waals surface area contributed by atoms with E-state index in [9.17, 15) is 21.8 Å². The maximum absolute atomic E-state index is 13.9. The lowest BCUT2D eigenvalue weighted by atomic mass is 9.93. The Morgan fingerprint density at radius 2 is 1.26 bits per heavy atom. The molecule has 0 aliphatic heterocycles. The van der Waals surface area contributed by atoms with E-state index >= 15 is 0 Å². The molecule has 0 saturated heterocycles. The van der Waals surface area contributed by atoms with E-state index in [0.29, 0.717) is 37.6 Å². The molecule has 0 heterocycles. The number of rotatable bonds is 5. The van der Waals surface area contributed by atoms with Gasteiger partial charge in [0.15, 0.2) is 11.1 Å². The van der Waals surface area contributed by atoms with Crippen molar-refractivity contribution in [1.82, 2.24) is 4.72 Å². The van der Waals surface area contributed by atoms with Crippen molar-refractivity contribution in [1.29, 1.82) is 0 Å². The lowest BCUT2D eigenvalue weighted by Crippen LogP contribution is -2.25. The van der Waals surface area contributed by atoms with Crippen molar-refractivity contribution < 1.29 is 21.8 Å². The van der Waals surface area contributed by atoms with E-state index in [4.69, 9.17) is 0 Å². The molecule has 4 nitrogen and oxygen atoms in total. The minimum Gasteiger partial charge on any atom is -0.302 e. The molecular weight excluding hydrogens is 440 g/mol. The molecule has 0 aliphatic carbocycles. The number of hydrogen-bond acceptors (Lipinski definition) is 2. The lowest BCUT2D eigenvalue weighted by Gasteiger charge is -2.18. The molecular formula is C23H19F2NO3S2. The Kier molecular flexibility index (Phi) is 5.98. The van der Waals surface area contributed by atoms with E-state index in [2.05, 4.69) is 4.72 Å². The smallest absolute Gasteiger partial charge is 0.187 e. The number of nitrogens with one attached hydrogen (secondary N) is 1. The van der Waals surface area contributed by atoms with E-state index in [0.717, 1.165) is 0 Å². The highest BCUT2D eigenvalue weighted by molar-refractivity contribution is 7.83. The van der Waals surface area contributed by atoms with Crippen LogP contribution in [0.1, 0.15) is 13.8 Å². The zero-order valence-electron chi connectivity index (χ0n) is 16.7. The van der Waals surface area contributed by atoms with Crippen molar-refractivity contribution in [2.75, 3.05) is 0 Å². The van der Waals surface area contributed by atoms with Gasteiger partial charge in [-0.1, -0.05) is 24.3 Å². The molecule has 160 valence electrons. The molecule has 2 atom stereocenters. The van der Waals surface area contributed by atoms with Gasteiger partial charge in [-0.2, -0.15) is 0 Å². The molecule has 4 aromatic rings. The predicted octanol–water partition coefficient (Wildman–Crippen LogP) is 5.54. The maximum atomic E-state index is 13.9. The van der Waals surface area contributed by atoms with Gasteiger partial charge in [-0.25, -0.2) is 21.9 Å². The summed E-state index contributed by atoms with van der Waals surface area (Å²) in [4.78, 5) is 0.482. The van der Waals surface area contributed by atoms with Crippen LogP contribution in [0.4, 0.5) is 8.78 Å². The van der Waals surface area contributed by atoms with Gasteiger partial charge < -0.3 is 4.55 Å². The van der Waals surface area contributed by atoms with Crippen molar-refractivity contribution >= 4 is 43.6 Å². The number of fused-ring (bicyclic) bond motifs is 2. The Morgan fingerprint density at radius 1 is 0.774 bits per heavy atom. The fraction of sp³-hybridized carbons (Fsp3) is 0.130. The molecule has 0 spiro atoms. The highest BCUT2D eigenvalue weighted by atomic mass is 32.2. The molecule has 8 heteroatoms. The van der Waals surface area contributed by atoms with Gasteiger partial charge in [0.05, 0.1) is 9.79 Å². The summed E-state index contributed by atoms with van der Waals surface area (Å²) in [5, 5.41) is 2.17. The molecule has 0 radical (unpaired) electrons. The average Bonchev–Trinajstić information content (AvgIpc) is 2.71. The summed E-state index contributed by atoms with van der Waals surface area (Å²) in [5.41, 5.74) is 0.808. The first-order valence-electron chi connectivity index (χ1n) is 9.50. The Morgan fingerprint density at radius 3 is 1.74 bits per heavy atom. The summed E-state index contributed by atoms with van der Waals surface area (Å²) >= 11 is -2.37. The molecule has 0 aromatic heterocycles. The van der Waals surface area contributed by atoms with Crippen LogP contribution in [0.5, 0.6) is 0 Å². The molecule has 0 saturated carbocycles. The zero-order valence-corrected chi connectivity index (χ0v) is 18.3. The van der Waals surface area contributed by atoms with E-state index < -0.39 is 33.7 Å². The Hall–Kier alpha value is -2.52. The highest BCUT2D eigenvalue weighted by Gasteiger charge is 2.22. The first-order valence-corrected chi connectivity index (χ1v) is 11.8. The molecule has 0 fully saturated rings. The maximum Gasteiger partial charge on any atom is 0.187 e. The van der Waals surface area contributed by atoms with Gasteiger partial charge >= 0.3 is 0 Å². The number of halogens is 2. The third kappa shape index (κ3) is 4.16. The second-order valence-electron chi connectivity index (χ2n) is 7.40. The van der Waals surface area contributed by atoms with Gasteiger partial charge in [-0.05, 0) is 71.8 Å². The highest BCUT2D eigenvalue weighted by Crippen LogP contribution is 2.41. The summed E-state index contributed by atoms with van der Waals surface area (Å²) in [6.07, 6.45) is 0. The monoisotopic (exact) mass is 459 g/mol. The molecule has 0 amide bonds. The van der Waals surface area contributed by atoms with E-state index in [1.807, 2.05) is 13.8 Å². The Bertz CT molecular complexity index is 1370. The molecule has 0 bridgehead atoms. The van der Waals surface area contributed by atoms with Crippen molar-refractivity contribution in [2.45, 2.75) is 29.7 Å². The largest absolute Gasteiger partial charge is 0.302 e. The standard InChI is InChI=1S/C23H19F2NO3S2/c1-13(2)26-30(27)20-9-3-14-11-16(24)5-7-18(14)22(20)23-19-8-6-17(25)12-15(19)4-10-21(23)31(28)29/h3-13,26H,1-2H3,(H,28,29). The fourth-order valence-corrected chi connectivity index (χ4v) is 5.37. The summed E-state index contributed by atoms with van der Waals surface area (Å²) < 4.78 is 66.1. The van der Waals surface area contributed by atoms with Crippen LogP contribution in [-0.2, 0) is 22.1 Å². The van der Waals surface area contributed by atoms with Crippen molar-refractivity contribution in [2.24, 2.45) is 0 Å². The zero-order chi connectivity index (χ0) is 22.3. The minimum atomic E-state index is -2.37. The van der Waals surface area contributed by atoms with Gasteiger partial charge in [0.2, 0.25) is 0 Å². The van der Waals surface area contributed by atoms with Crippen molar-refractivity contribution in [3.05, 3.63) is 72.3 Å². The number of hydrogen-bond donors (Lipinski definition) is 2. The quantitative estimate of drug-likeness (QED) is 0.385. The van der Waals surface area contributed by atoms with Gasteiger partial charge in [-0.15, -0.1) is 0 Å². The third-order valence-corrected chi connectivity index (χ3v) is 7.01. The van der Waals surface area contributed by atoms with Gasteiger partial charge in [0, 0.05) is 17.2 Å². The Balaban J connectivity index is 2.18. The van der Waals surface area contributed by atoms with Gasteiger partial charge in [0.25, 0.3) is 0 Å². The van der Waals surface area contributed by atoms with E-state index in [1.54, 1.807) is 24.3 Å². The van der Waals surface area contributed by atoms with Crippen LogP contribution in [0.3, 0.4) is 0 Å². The van der Waals surface area contributed by atoms with Crippen LogP contribution in [0.25, 0.3) is 32.7 Å². The molecule has 4 rings (SSSR count). The molecule has 31 heavy (non-hydrogen) atoms. The van der Waals surface area contributed by atoms with Crippen LogP contribution in [0.15, 0.2) is 70.5 Å². The average molecular weight is 460 g/mol. The summed E-state index contributed by atoms with van der Waals surface area (Å²) in [6, 6.07) is 14.5. The van der Waals surface area contributed by atoms with Gasteiger partial charge in [-0.3, -0.25) is 0 Å². The predicted molar refractivity (Wildman–Crippen MR) is 121 cm³/mol. The molecule has 4 aromatic carbocycles. The molecule has 2 N–H and O–H groups in total. The lowest BCUT2D eigenvalue weighted by molar-refractivity contribution is 0.565. The Labute approximate surface area is 183 Å². The normalized spacial score (nSPS) is 13.7. The van der Waals surface area contributed by atoms with Crippen molar-refractivity contribution in [3.8, 4) is 11.1 Å².